The second kappa shape index (κ2) is 2.70. The van der Waals surface area contributed by atoms with Crippen LogP contribution in [0, 0.1) is 6.92 Å². The van der Waals surface area contributed by atoms with Crippen LogP contribution in [0.15, 0.2) is 33.6 Å². The lowest BCUT2D eigenvalue weighted by atomic mass is 10.1. The van der Waals surface area contributed by atoms with E-state index in [4.69, 9.17) is 4.42 Å². The molecule has 15 heavy (non-hydrogen) atoms. The summed E-state index contributed by atoms with van der Waals surface area (Å²) < 4.78 is 5.09. The highest BCUT2D eigenvalue weighted by Crippen LogP contribution is 2.23. The third-order valence-corrected chi connectivity index (χ3v) is 2.48. The molecule has 0 atom stereocenters. The molecule has 3 rings (SSSR count). The van der Waals surface area contributed by atoms with Crippen molar-refractivity contribution in [1.29, 1.82) is 0 Å². The molecule has 1 N–H and O–H groups in total. The van der Waals surface area contributed by atoms with Gasteiger partial charge in [0.15, 0.2) is 5.58 Å². The molecular formula is C11H8N2O2. The van der Waals surface area contributed by atoms with E-state index in [0.29, 0.717) is 11.1 Å². The number of hydrogen-bond donors (Lipinski definition) is 1. The van der Waals surface area contributed by atoms with Crippen molar-refractivity contribution < 1.29 is 4.42 Å². The Morgan fingerprint density at radius 2 is 2.27 bits per heavy atom. The van der Waals surface area contributed by atoms with Crippen molar-refractivity contribution in [3.8, 4) is 0 Å². The lowest BCUT2D eigenvalue weighted by molar-refractivity contribution is 0.558. The van der Waals surface area contributed by atoms with Crippen molar-refractivity contribution in [2.45, 2.75) is 6.92 Å². The Hall–Kier alpha value is -2.10. The Balaban J connectivity index is 2.65. The van der Waals surface area contributed by atoms with Crippen LogP contribution < -0.4 is 5.76 Å². The molecule has 0 aliphatic heterocycles. The van der Waals surface area contributed by atoms with Gasteiger partial charge in [-0.15, -0.1) is 0 Å². The molecule has 2 heterocycles. The van der Waals surface area contributed by atoms with Crippen LogP contribution in [-0.2, 0) is 0 Å². The maximum Gasteiger partial charge on any atom is 0.417 e. The topological polar surface area (TPSA) is 58.9 Å². The molecule has 0 saturated heterocycles. The number of oxazole rings is 1. The maximum absolute atomic E-state index is 11.1. The fourth-order valence-corrected chi connectivity index (χ4v) is 1.77. The van der Waals surface area contributed by atoms with Crippen molar-refractivity contribution in [3.05, 3.63) is 40.5 Å². The monoisotopic (exact) mass is 200 g/mol. The average molecular weight is 200 g/mol. The number of benzene rings is 1. The molecule has 2 aromatic heterocycles. The van der Waals surface area contributed by atoms with E-state index in [1.807, 2.05) is 25.1 Å². The zero-order valence-electron chi connectivity index (χ0n) is 8.07. The van der Waals surface area contributed by atoms with E-state index < -0.39 is 5.76 Å². The molecule has 0 radical (unpaired) electrons. The van der Waals surface area contributed by atoms with E-state index in [-0.39, 0.29) is 0 Å². The quantitative estimate of drug-likeness (QED) is 0.603. The summed E-state index contributed by atoms with van der Waals surface area (Å²) in [6.45, 7) is 1.98. The second-order valence-electron chi connectivity index (χ2n) is 3.49. The van der Waals surface area contributed by atoms with E-state index in [0.717, 1.165) is 16.5 Å². The van der Waals surface area contributed by atoms with Crippen LogP contribution in [0.4, 0.5) is 0 Å². The molecule has 0 saturated carbocycles. The summed E-state index contributed by atoms with van der Waals surface area (Å²) in [4.78, 5) is 17.9. The van der Waals surface area contributed by atoms with E-state index in [1.165, 1.54) is 0 Å². The predicted molar refractivity (Wildman–Crippen MR) is 56.9 cm³/mol. The number of pyridine rings is 1. The van der Waals surface area contributed by atoms with Crippen LogP contribution in [0.3, 0.4) is 0 Å². The van der Waals surface area contributed by atoms with Gasteiger partial charge >= 0.3 is 5.76 Å². The Morgan fingerprint density at radius 1 is 1.40 bits per heavy atom. The number of nitrogens with one attached hydrogen (secondary N) is 1. The van der Waals surface area contributed by atoms with Gasteiger partial charge in [0.1, 0.15) is 5.52 Å². The fraction of sp³-hybridized carbons (Fsp3) is 0.0909. The predicted octanol–water partition coefficient (Wildman–Crippen LogP) is 1.98. The molecule has 0 fully saturated rings. The van der Waals surface area contributed by atoms with Crippen LogP contribution in [-0.4, -0.2) is 9.97 Å². The highest BCUT2D eigenvalue weighted by molar-refractivity contribution is 6.01. The third kappa shape index (κ3) is 1.08. The number of fused-ring (bicyclic) bond motifs is 3. The molecule has 0 amide bonds. The maximum atomic E-state index is 11.1. The first-order valence-electron chi connectivity index (χ1n) is 4.63. The van der Waals surface area contributed by atoms with Crippen LogP contribution in [0.2, 0.25) is 0 Å². The standard InChI is InChI=1S/C11H8N2O2/c1-6-3-2-4-7-9(6)12-5-8-10(7)15-11(14)13-8/h2-5H,1H3,(H,13,14). The third-order valence-electron chi connectivity index (χ3n) is 2.48. The summed E-state index contributed by atoms with van der Waals surface area (Å²) in [6.07, 6.45) is 1.62. The molecule has 0 spiro atoms. The molecule has 1 aromatic carbocycles. The summed E-state index contributed by atoms with van der Waals surface area (Å²) >= 11 is 0. The summed E-state index contributed by atoms with van der Waals surface area (Å²) in [5.74, 6) is -0.444. The van der Waals surface area contributed by atoms with Gasteiger partial charge in [0.2, 0.25) is 0 Å². The Bertz CT molecular complexity index is 709. The van der Waals surface area contributed by atoms with E-state index in [2.05, 4.69) is 9.97 Å². The van der Waals surface area contributed by atoms with Crippen LogP contribution >= 0.6 is 0 Å². The minimum absolute atomic E-state index is 0.444. The zero-order valence-corrected chi connectivity index (χ0v) is 8.07. The fourth-order valence-electron chi connectivity index (χ4n) is 1.77. The minimum atomic E-state index is -0.444. The van der Waals surface area contributed by atoms with Crippen LogP contribution in [0.5, 0.6) is 0 Å². The number of rotatable bonds is 0. The van der Waals surface area contributed by atoms with Crippen molar-refractivity contribution in [2.24, 2.45) is 0 Å². The normalized spacial score (nSPS) is 11.3. The van der Waals surface area contributed by atoms with Gasteiger partial charge in [0.25, 0.3) is 0 Å². The summed E-state index contributed by atoms with van der Waals surface area (Å²) in [5, 5.41) is 0.867. The van der Waals surface area contributed by atoms with Gasteiger partial charge in [-0.1, -0.05) is 12.1 Å². The lowest BCUT2D eigenvalue weighted by Gasteiger charge is -1.99. The molecule has 4 nitrogen and oxygen atoms in total. The van der Waals surface area contributed by atoms with Gasteiger partial charge in [-0.25, -0.2) is 4.79 Å². The first-order chi connectivity index (χ1) is 7.25. The van der Waals surface area contributed by atoms with Gasteiger partial charge in [-0.3, -0.25) is 9.97 Å². The molecule has 0 aliphatic carbocycles. The Kier molecular flexibility index (Phi) is 1.48. The van der Waals surface area contributed by atoms with Crippen molar-refractivity contribution in [3.63, 3.8) is 0 Å². The Labute approximate surface area is 84.6 Å². The average Bonchev–Trinajstić information content (AvgIpc) is 2.59. The number of para-hydroxylation sites is 1. The molecule has 0 bridgehead atoms. The molecule has 74 valence electrons. The first-order valence-corrected chi connectivity index (χ1v) is 4.63. The number of nitrogens with zero attached hydrogens (tertiary/aromatic N) is 1. The SMILES string of the molecule is Cc1cccc2c1ncc1[nH]c(=O)oc12. The number of hydrogen-bond acceptors (Lipinski definition) is 3. The van der Waals surface area contributed by atoms with Gasteiger partial charge in [0.05, 0.1) is 11.7 Å². The molecule has 0 aliphatic rings. The van der Waals surface area contributed by atoms with Gasteiger partial charge in [-0.2, -0.15) is 0 Å². The number of aromatic nitrogens is 2. The van der Waals surface area contributed by atoms with Crippen molar-refractivity contribution in [2.75, 3.05) is 0 Å². The largest absolute Gasteiger partial charge is 0.417 e. The van der Waals surface area contributed by atoms with E-state index in [9.17, 15) is 4.79 Å². The number of aryl methyl sites for hydroxylation is 1. The molecule has 3 aromatic rings. The lowest BCUT2D eigenvalue weighted by Crippen LogP contribution is -1.92. The summed E-state index contributed by atoms with van der Waals surface area (Å²) in [5.41, 5.74) is 3.15. The van der Waals surface area contributed by atoms with Crippen molar-refractivity contribution >= 4 is 22.0 Å². The summed E-state index contributed by atoms with van der Waals surface area (Å²) in [6, 6.07) is 5.80. The number of aromatic amines is 1. The smallest absolute Gasteiger partial charge is 0.407 e. The van der Waals surface area contributed by atoms with Crippen molar-refractivity contribution in [1.82, 2.24) is 9.97 Å². The van der Waals surface area contributed by atoms with Crippen LogP contribution in [0.1, 0.15) is 5.56 Å². The van der Waals surface area contributed by atoms with Gasteiger partial charge < -0.3 is 4.42 Å². The molecular weight excluding hydrogens is 192 g/mol. The second-order valence-corrected chi connectivity index (χ2v) is 3.49. The van der Waals surface area contributed by atoms with E-state index >= 15 is 0 Å². The summed E-state index contributed by atoms with van der Waals surface area (Å²) in [7, 11) is 0. The highest BCUT2D eigenvalue weighted by Gasteiger charge is 2.07. The first kappa shape index (κ1) is 8.23. The minimum Gasteiger partial charge on any atom is -0.407 e. The molecule has 0 unspecified atom stereocenters. The number of H-pyrrole nitrogens is 1. The highest BCUT2D eigenvalue weighted by atomic mass is 16.4. The Morgan fingerprint density at radius 3 is 3.13 bits per heavy atom. The van der Waals surface area contributed by atoms with Gasteiger partial charge in [0, 0.05) is 5.39 Å². The van der Waals surface area contributed by atoms with Crippen LogP contribution in [0.25, 0.3) is 22.0 Å². The van der Waals surface area contributed by atoms with E-state index in [1.54, 1.807) is 6.20 Å². The van der Waals surface area contributed by atoms with Gasteiger partial charge in [-0.05, 0) is 18.6 Å². The zero-order chi connectivity index (χ0) is 10.4. The molecule has 4 heteroatoms.